The van der Waals surface area contributed by atoms with Crippen LogP contribution in [-0.2, 0) is 4.79 Å². The Balaban J connectivity index is 2.01. The van der Waals surface area contributed by atoms with Crippen molar-refractivity contribution in [2.24, 2.45) is 0 Å². The standard InChI is InChI=1S/C18H25N3O2/c1-13(15-7-5-8-16(11-15)20-14(2)22)19-12-17(21(3)4)18-9-6-10-23-18/h5-11,13,17,19H,12H2,1-4H3,(H,20,22). The molecule has 2 unspecified atom stereocenters. The van der Waals surface area contributed by atoms with E-state index >= 15 is 0 Å². The maximum Gasteiger partial charge on any atom is 0.221 e. The summed E-state index contributed by atoms with van der Waals surface area (Å²) in [6.07, 6.45) is 1.70. The van der Waals surface area contributed by atoms with E-state index in [9.17, 15) is 4.79 Å². The van der Waals surface area contributed by atoms with Crippen molar-refractivity contribution < 1.29 is 9.21 Å². The highest BCUT2D eigenvalue weighted by Gasteiger charge is 2.18. The SMILES string of the molecule is CC(=O)Nc1cccc(C(C)NCC(c2ccco2)N(C)C)c1. The minimum absolute atomic E-state index is 0.0618. The van der Waals surface area contributed by atoms with Gasteiger partial charge in [0.05, 0.1) is 12.3 Å². The molecular formula is C18H25N3O2. The van der Waals surface area contributed by atoms with Gasteiger partial charge in [0.2, 0.25) is 5.91 Å². The van der Waals surface area contributed by atoms with Crippen molar-refractivity contribution >= 4 is 11.6 Å². The van der Waals surface area contributed by atoms with Crippen molar-refractivity contribution in [2.75, 3.05) is 26.0 Å². The third kappa shape index (κ3) is 4.94. The zero-order chi connectivity index (χ0) is 16.8. The maximum atomic E-state index is 11.2. The van der Waals surface area contributed by atoms with Gasteiger partial charge in [-0.25, -0.2) is 0 Å². The van der Waals surface area contributed by atoms with E-state index in [1.165, 1.54) is 6.92 Å². The number of carbonyl (C=O) groups is 1. The van der Waals surface area contributed by atoms with Crippen molar-refractivity contribution in [1.82, 2.24) is 10.2 Å². The summed E-state index contributed by atoms with van der Waals surface area (Å²) < 4.78 is 5.53. The van der Waals surface area contributed by atoms with Crippen LogP contribution in [0.1, 0.15) is 37.3 Å². The molecule has 2 N–H and O–H groups in total. The smallest absolute Gasteiger partial charge is 0.221 e. The quantitative estimate of drug-likeness (QED) is 0.824. The molecule has 0 aliphatic carbocycles. The molecule has 5 heteroatoms. The normalized spacial score (nSPS) is 13.8. The number of rotatable bonds is 7. The summed E-state index contributed by atoms with van der Waals surface area (Å²) in [6.45, 7) is 4.40. The second-order valence-electron chi connectivity index (χ2n) is 5.93. The van der Waals surface area contributed by atoms with E-state index in [-0.39, 0.29) is 18.0 Å². The molecule has 2 rings (SSSR count). The topological polar surface area (TPSA) is 57.5 Å². The van der Waals surface area contributed by atoms with Gasteiger partial charge in [0.25, 0.3) is 0 Å². The Morgan fingerprint density at radius 1 is 1.26 bits per heavy atom. The zero-order valence-corrected chi connectivity index (χ0v) is 14.2. The summed E-state index contributed by atoms with van der Waals surface area (Å²) in [4.78, 5) is 13.3. The first-order chi connectivity index (χ1) is 11.0. The number of nitrogens with one attached hydrogen (secondary N) is 2. The van der Waals surface area contributed by atoms with Crippen LogP contribution in [0.25, 0.3) is 0 Å². The first kappa shape index (κ1) is 17.2. The number of likely N-dealkylation sites (N-methyl/N-ethyl adjacent to an activating group) is 1. The van der Waals surface area contributed by atoms with E-state index in [1.54, 1.807) is 6.26 Å². The van der Waals surface area contributed by atoms with Gasteiger partial charge < -0.3 is 15.1 Å². The number of amides is 1. The Morgan fingerprint density at radius 2 is 2.04 bits per heavy atom. The molecule has 0 radical (unpaired) electrons. The molecule has 0 saturated carbocycles. The molecule has 5 nitrogen and oxygen atoms in total. The highest BCUT2D eigenvalue weighted by molar-refractivity contribution is 5.88. The molecule has 0 fully saturated rings. The zero-order valence-electron chi connectivity index (χ0n) is 14.2. The lowest BCUT2D eigenvalue weighted by molar-refractivity contribution is -0.114. The van der Waals surface area contributed by atoms with Crippen molar-refractivity contribution in [3.63, 3.8) is 0 Å². The van der Waals surface area contributed by atoms with Gasteiger partial charge in [0.1, 0.15) is 5.76 Å². The summed E-state index contributed by atoms with van der Waals surface area (Å²) in [5.41, 5.74) is 1.95. The average Bonchev–Trinajstić information content (AvgIpc) is 3.00. The van der Waals surface area contributed by atoms with Gasteiger partial charge in [-0.3, -0.25) is 9.69 Å². The number of furan rings is 1. The van der Waals surface area contributed by atoms with E-state index < -0.39 is 0 Å². The van der Waals surface area contributed by atoms with Gasteiger partial charge >= 0.3 is 0 Å². The predicted molar refractivity (Wildman–Crippen MR) is 92.3 cm³/mol. The monoisotopic (exact) mass is 315 g/mol. The van der Waals surface area contributed by atoms with Crippen molar-refractivity contribution in [3.8, 4) is 0 Å². The fraction of sp³-hybridized carbons (Fsp3) is 0.389. The fourth-order valence-electron chi connectivity index (χ4n) is 2.51. The number of anilines is 1. The van der Waals surface area contributed by atoms with Crippen LogP contribution in [0, 0.1) is 0 Å². The van der Waals surface area contributed by atoms with Crippen molar-refractivity contribution in [1.29, 1.82) is 0 Å². The molecule has 0 spiro atoms. The lowest BCUT2D eigenvalue weighted by Gasteiger charge is -2.25. The molecule has 1 heterocycles. The summed E-state index contributed by atoms with van der Waals surface area (Å²) in [5, 5.41) is 6.35. The molecule has 23 heavy (non-hydrogen) atoms. The molecule has 1 amide bonds. The number of hydrogen-bond acceptors (Lipinski definition) is 4. The Morgan fingerprint density at radius 3 is 2.65 bits per heavy atom. The van der Waals surface area contributed by atoms with E-state index in [2.05, 4.69) is 28.5 Å². The fourth-order valence-corrected chi connectivity index (χ4v) is 2.51. The van der Waals surface area contributed by atoms with Crippen molar-refractivity contribution in [3.05, 3.63) is 54.0 Å². The lowest BCUT2D eigenvalue weighted by Crippen LogP contribution is -2.32. The minimum atomic E-state index is -0.0618. The highest BCUT2D eigenvalue weighted by Crippen LogP contribution is 2.21. The number of hydrogen-bond donors (Lipinski definition) is 2. The largest absolute Gasteiger partial charge is 0.468 e. The van der Waals surface area contributed by atoms with Crippen LogP contribution in [0.15, 0.2) is 47.1 Å². The second-order valence-corrected chi connectivity index (χ2v) is 5.93. The molecule has 0 saturated heterocycles. The Hall–Kier alpha value is -2.11. The third-order valence-electron chi connectivity index (χ3n) is 3.82. The molecule has 2 atom stereocenters. The Kier molecular flexibility index (Phi) is 5.96. The third-order valence-corrected chi connectivity index (χ3v) is 3.82. The number of carbonyl (C=O) groups excluding carboxylic acids is 1. The Bertz CT molecular complexity index is 623. The first-order valence-corrected chi connectivity index (χ1v) is 7.78. The van der Waals surface area contributed by atoms with Crippen LogP contribution in [0.4, 0.5) is 5.69 Å². The molecule has 2 aromatic rings. The second kappa shape index (κ2) is 7.94. The molecule has 0 aliphatic heterocycles. The van der Waals surface area contributed by atoms with E-state index in [0.717, 1.165) is 23.6 Å². The van der Waals surface area contributed by atoms with Gasteiger partial charge in [-0.1, -0.05) is 12.1 Å². The number of nitrogens with zero attached hydrogens (tertiary/aromatic N) is 1. The van der Waals surface area contributed by atoms with Crippen LogP contribution >= 0.6 is 0 Å². The van der Waals surface area contributed by atoms with Gasteiger partial charge in [-0.2, -0.15) is 0 Å². The first-order valence-electron chi connectivity index (χ1n) is 7.78. The summed E-state index contributed by atoms with van der Waals surface area (Å²) in [6, 6.07) is 12.1. The summed E-state index contributed by atoms with van der Waals surface area (Å²) in [7, 11) is 4.08. The molecule has 0 aliphatic rings. The molecular weight excluding hydrogens is 290 g/mol. The molecule has 124 valence electrons. The lowest BCUT2D eigenvalue weighted by atomic mass is 10.1. The van der Waals surface area contributed by atoms with E-state index in [1.807, 2.05) is 44.4 Å². The number of benzene rings is 1. The van der Waals surface area contributed by atoms with Crippen LogP contribution in [0.3, 0.4) is 0 Å². The summed E-state index contributed by atoms with van der Waals surface area (Å²) in [5.74, 6) is 0.884. The van der Waals surface area contributed by atoms with Crippen molar-refractivity contribution in [2.45, 2.75) is 25.9 Å². The van der Waals surface area contributed by atoms with Crippen LogP contribution in [0.5, 0.6) is 0 Å². The predicted octanol–water partition coefficient (Wildman–Crippen LogP) is 3.19. The summed E-state index contributed by atoms with van der Waals surface area (Å²) >= 11 is 0. The van der Waals surface area contributed by atoms with Gasteiger partial charge in [-0.05, 0) is 50.8 Å². The van der Waals surface area contributed by atoms with Gasteiger partial charge in [0.15, 0.2) is 0 Å². The highest BCUT2D eigenvalue weighted by atomic mass is 16.3. The van der Waals surface area contributed by atoms with E-state index in [0.29, 0.717) is 0 Å². The maximum absolute atomic E-state index is 11.2. The van der Waals surface area contributed by atoms with E-state index in [4.69, 9.17) is 4.42 Å². The van der Waals surface area contributed by atoms with Crippen LogP contribution in [0.2, 0.25) is 0 Å². The molecule has 1 aromatic heterocycles. The van der Waals surface area contributed by atoms with Crippen LogP contribution < -0.4 is 10.6 Å². The average molecular weight is 315 g/mol. The minimum Gasteiger partial charge on any atom is -0.468 e. The Labute approximate surface area is 137 Å². The van der Waals surface area contributed by atoms with Gasteiger partial charge in [-0.15, -0.1) is 0 Å². The molecule has 1 aromatic carbocycles. The van der Waals surface area contributed by atoms with Gasteiger partial charge in [0, 0.05) is 25.2 Å². The molecule has 0 bridgehead atoms. The van der Waals surface area contributed by atoms with Crippen LogP contribution in [-0.4, -0.2) is 31.4 Å².